The third-order valence-electron chi connectivity index (χ3n) is 3.13. The van der Waals surface area contributed by atoms with E-state index in [1.807, 2.05) is 37.3 Å². The molecule has 0 saturated heterocycles. The number of hydrogen-bond acceptors (Lipinski definition) is 2. The summed E-state index contributed by atoms with van der Waals surface area (Å²) in [7, 11) is 0. The van der Waals surface area contributed by atoms with Gasteiger partial charge in [-0.2, -0.15) is 0 Å². The first-order valence-corrected chi connectivity index (χ1v) is 6.51. The van der Waals surface area contributed by atoms with Gasteiger partial charge >= 0.3 is 0 Å². The van der Waals surface area contributed by atoms with Crippen molar-refractivity contribution in [1.29, 1.82) is 0 Å². The van der Waals surface area contributed by atoms with E-state index in [9.17, 15) is 0 Å². The van der Waals surface area contributed by atoms with E-state index < -0.39 is 0 Å². The first-order chi connectivity index (χ1) is 8.86. The second kappa shape index (κ2) is 4.96. The van der Waals surface area contributed by atoms with Crippen LogP contribution in [-0.2, 0) is 5.41 Å². The van der Waals surface area contributed by atoms with Crippen LogP contribution in [0.1, 0.15) is 31.9 Å². The number of rotatable bonds is 2. The highest BCUT2D eigenvalue weighted by molar-refractivity contribution is 5.48. The van der Waals surface area contributed by atoms with Crippen molar-refractivity contribution < 1.29 is 4.74 Å². The Morgan fingerprint density at radius 2 is 1.74 bits per heavy atom. The fourth-order valence-corrected chi connectivity index (χ4v) is 1.94. The van der Waals surface area contributed by atoms with E-state index in [2.05, 4.69) is 32.9 Å². The molecule has 2 N–H and O–H groups in total. The Balaban J connectivity index is 2.29. The molecule has 2 rings (SSSR count). The molecule has 0 aliphatic carbocycles. The van der Waals surface area contributed by atoms with Crippen molar-refractivity contribution in [2.45, 2.75) is 33.1 Å². The molecule has 2 nitrogen and oxygen atoms in total. The summed E-state index contributed by atoms with van der Waals surface area (Å²) in [5, 5.41) is 0. The topological polar surface area (TPSA) is 35.2 Å². The zero-order valence-electron chi connectivity index (χ0n) is 12.0. The molecule has 0 heterocycles. The molecule has 0 saturated carbocycles. The quantitative estimate of drug-likeness (QED) is 0.792. The van der Waals surface area contributed by atoms with Gasteiger partial charge in [0.15, 0.2) is 0 Å². The maximum absolute atomic E-state index is 5.94. The maximum Gasteiger partial charge on any atom is 0.130 e. The molecule has 0 spiro atoms. The van der Waals surface area contributed by atoms with Crippen LogP contribution >= 0.6 is 0 Å². The van der Waals surface area contributed by atoms with Crippen molar-refractivity contribution in [1.82, 2.24) is 0 Å². The van der Waals surface area contributed by atoms with Crippen molar-refractivity contribution in [3.05, 3.63) is 53.6 Å². The van der Waals surface area contributed by atoms with E-state index >= 15 is 0 Å². The molecule has 0 atom stereocenters. The zero-order chi connectivity index (χ0) is 14.0. The summed E-state index contributed by atoms with van der Waals surface area (Å²) in [6, 6.07) is 13.9. The first kappa shape index (κ1) is 13.5. The molecule has 0 aromatic heterocycles. The van der Waals surface area contributed by atoms with Gasteiger partial charge in [-0.25, -0.2) is 0 Å². The fraction of sp³-hybridized carbons (Fsp3) is 0.294. The van der Waals surface area contributed by atoms with Gasteiger partial charge in [0.2, 0.25) is 0 Å². The molecule has 0 aliphatic heterocycles. The third-order valence-corrected chi connectivity index (χ3v) is 3.13. The molecule has 0 unspecified atom stereocenters. The van der Waals surface area contributed by atoms with Crippen LogP contribution in [0.3, 0.4) is 0 Å². The third kappa shape index (κ3) is 3.28. The van der Waals surface area contributed by atoms with Gasteiger partial charge in [-0.1, -0.05) is 32.9 Å². The summed E-state index contributed by atoms with van der Waals surface area (Å²) in [4.78, 5) is 0. The lowest BCUT2D eigenvalue weighted by atomic mass is 9.87. The molecular weight excluding hydrogens is 234 g/mol. The highest BCUT2D eigenvalue weighted by Crippen LogP contribution is 2.30. The number of benzene rings is 2. The van der Waals surface area contributed by atoms with E-state index in [1.165, 1.54) is 5.56 Å². The predicted octanol–water partition coefficient (Wildman–Crippen LogP) is 4.67. The summed E-state index contributed by atoms with van der Waals surface area (Å²) in [5.74, 6) is 1.71. The van der Waals surface area contributed by atoms with E-state index in [4.69, 9.17) is 10.5 Å². The summed E-state index contributed by atoms with van der Waals surface area (Å²) in [5.41, 5.74) is 8.93. The standard InChI is InChI=1S/C17H21NO/c1-12-10-14(18)8-9-16(12)19-15-7-5-6-13(11-15)17(2,3)4/h5-11H,18H2,1-4H3. The lowest BCUT2D eigenvalue weighted by Gasteiger charge is -2.20. The van der Waals surface area contributed by atoms with E-state index in [-0.39, 0.29) is 5.41 Å². The van der Waals surface area contributed by atoms with Crippen molar-refractivity contribution in [3.8, 4) is 11.5 Å². The van der Waals surface area contributed by atoms with Crippen molar-refractivity contribution in [2.24, 2.45) is 0 Å². The van der Waals surface area contributed by atoms with Crippen molar-refractivity contribution >= 4 is 5.69 Å². The fourth-order valence-electron chi connectivity index (χ4n) is 1.94. The number of aryl methyl sites for hydroxylation is 1. The Morgan fingerprint density at radius 1 is 1.00 bits per heavy atom. The summed E-state index contributed by atoms with van der Waals surface area (Å²) in [6.45, 7) is 8.58. The van der Waals surface area contributed by atoms with Crippen LogP contribution in [0.2, 0.25) is 0 Å². The summed E-state index contributed by atoms with van der Waals surface area (Å²) >= 11 is 0. The van der Waals surface area contributed by atoms with Crippen LogP contribution in [0.25, 0.3) is 0 Å². The molecular formula is C17H21NO. The van der Waals surface area contributed by atoms with Crippen molar-refractivity contribution in [2.75, 3.05) is 5.73 Å². The average Bonchev–Trinajstić information content (AvgIpc) is 2.32. The smallest absolute Gasteiger partial charge is 0.130 e. The molecule has 0 radical (unpaired) electrons. The SMILES string of the molecule is Cc1cc(N)ccc1Oc1cccc(C(C)(C)C)c1. The van der Waals surface area contributed by atoms with Gasteiger partial charge in [0, 0.05) is 5.69 Å². The largest absolute Gasteiger partial charge is 0.457 e. The van der Waals surface area contributed by atoms with Gasteiger partial charge in [-0.3, -0.25) is 0 Å². The van der Waals surface area contributed by atoms with Gasteiger partial charge in [0.05, 0.1) is 0 Å². The van der Waals surface area contributed by atoms with E-state index in [0.29, 0.717) is 0 Å². The minimum atomic E-state index is 0.121. The van der Waals surface area contributed by atoms with Crippen molar-refractivity contribution in [3.63, 3.8) is 0 Å². The minimum absolute atomic E-state index is 0.121. The van der Waals surface area contributed by atoms with Crippen LogP contribution in [-0.4, -0.2) is 0 Å². The Hall–Kier alpha value is -1.96. The second-order valence-electron chi connectivity index (χ2n) is 5.90. The summed E-state index contributed by atoms with van der Waals surface area (Å²) in [6.07, 6.45) is 0. The molecule has 0 aliphatic rings. The molecule has 100 valence electrons. The molecule has 0 amide bonds. The Labute approximate surface area is 115 Å². The first-order valence-electron chi connectivity index (χ1n) is 6.51. The maximum atomic E-state index is 5.94. The van der Waals surface area contributed by atoms with Gasteiger partial charge in [-0.05, 0) is 53.8 Å². The Bertz CT molecular complexity index is 582. The molecule has 0 fully saturated rings. The van der Waals surface area contributed by atoms with Gasteiger partial charge in [-0.15, -0.1) is 0 Å². The van der Waals surface area contributed by atoms with Crippen LogP contribution < -0.4 is 10.5 Å². The molecule has 2 aromatic rings. The molecule has 2 aromatic carbocycles. The minimum Gasteiger partial charge on any atom is -0.457 e. The highest BCUT2D eigenvalue weighted by Gasteiger charge is 2.14. The monoisotopic (exact) mass is 255 g/mol. The van der Waals surface area contributed by atoms with E-state index in [0.717, 1.165) is 22.7 Å². The normalized spacial score (nSPS) is 11.4. The van der Waals surface area contributed by atoms with Crippen LogP contribution in [0.4, 0.5) is 5.69 Å². The number of nitrogen functional groups attached to an aromatic ring is 1. The van der Waals surface area contributed by atoms with Crippen LogP contribution in [0, 0.1) is 6.92 Å². The number of anilines is 1. The second-order valence-corrected chi connectivity index (χ2v) is 5.90. The highest BCUT2D eigenvalue weighted by atomic mass is 16.5. The summed E-state index contributed by atoms with van der Waals surface area (Å²) < 4.78 is 5.94. The lowest BCUT2D eigenvalue weighted by Crippen LogP contribution is -2.10. The number of hydrogen-bond donors (Lipinski definition) is 1. The van der Waals surface area contributed by atoms with E-state index in [1.54, 1.807) is 0 Å². The van der Waals surface area contributed by atoms with Crippen LogP contribution in [0.5, 0.6) is 11.5 Å². The predicted molar refractivity (Wildman–Crippen MR) is 80.8 cm³/mol. The van der Waals surface area contributed by atoms with Gasteiger partial charge < -0.3 is 10.5 Å². The van der Waals surface area contributed by atoms with Gasteiger partial charge in [0.1, 0.15) is 11.5 Å². The zero-order valence-corrected chi connectivity index (χ0v) is 12.0. The Kier molecular flexibility index (Phi) is 3.52. The number of nitrogens with two attached hydrogens (primary N) is 1. The van der Waals surface area contributed by atoms with Gasteiger partial charge in [0.25, 0.3) is 0 Å². The molecule has 0 bridgehead atoms. The molecule has 19 heavy (non-hydrogen) atoms. The molecule has 2 heteroatoms. The van der Waals surface area contributed by atoms with Crippen LogP contribution in [0.15, 0.2) is 42.5 Å². The number of ether oxygens (including phenoxy) is 1. The average molecular weight is 255 g/mol. The lowest BCUT2D eigenvalue weighted by molar-refractivity contribution is 0.475. The Morgan fingerprint density at radius 3 is 2.37 bits per heavy atom.